The van der Waals surface area contributed by atoms with Gasteiger partial charge in [0.25, 0.3) is 0 Å². The first-order chi connectivity index (χ1) is 9.09. The van der Waals surface area contributed by atoms with Gasteiger partial charge in [-0.05, 0) is 23.8 Å². The number of hydrogen-bond donors (Lipinski definition) is 1. The van der Waals surface area contributed by atoms with Crippen LogP contribution in [0.3, 0.4) is 0 Å². The van der Waals surface area contributed by atoms with E-state index in [1.165, 1.54) is 5.56 Å². The Morgan fingerprint density at radius 1 is 1.16 bits per heavy atom. The second-order valence-electron chi connectivity index (χ2n) is 5.45. The quantitative estimate of drug-likeness (QED) is 0.722. The molecule has 2 nitrogen and oxygen atoms in total. The number of aliphatic hydroxyl groups is 1. The third-order valence-corrected chi connectivity index (χ3v) is 3.10. The molecular weight excluding hydrogens is 236 g/mol. The smallest absolute Gasteiger partial charge is 0.0717 e. The molecule has 0 unspecified atom stereocenters. The predicted molar refractivity (Wildman–Crippen MR) is 79.9 cm³/mol. The molecule has 1 aromatic rings. The molecule has 2 atom stereocenters. The Morgan fingerprint density at radius 2 is 1.84 bits per heavy atom. The lowest BCUT2D eigenvalue weighted by Crippen LogP contribution is -2.13. The fourth-order valence-corrected chi connectivity index (χ4v) is 1.71. The largest absolute Gasteiger partial charge is 0.393 e. The van der Waals surface area contributed by atoms with Gasteiger partial charge in [-0.25, -0.2) is 0 Å². The molecule has 0 aliphatic heterocycles. The van der Waals surface area contributed by atoms with Crippen molar-refractivity contribution in [2.75, 3.05) is 6.61 Å². The van der Waals surface area contributed by atoms with Crippen LogP contribution in [0.15, 0.2) is 42.5 Å². The summed E-state index contributed by atoms with van der Waals surface area (Å²) in [6, 6.07) is 10.2. The lowest BCUT2D eigenvalue weighted by molar-refractivity contribution is 0.103. The van der Waals surface area contributed by atoms with Gasteiger partial charge in [0.15, 0.2) is 0 Å². The van der Waals surface area contributed by atoms with Crippen LogP contribution in [-0.4, -0.2) is 17.8 Å². The van der Waals surface area contributed by atoms with E-state index in [0.717, 1.165) is 6.42 Å². The minimum Gasteiger partial charge on any atom is -0.393 e. The standard InChI is InChI=1S/C17H26O2/c1-14(2)17(18)11-7-8-15(3)12-19-13-16-9-5-4-6-10-16/h4-10,14-15,17-18H,11-13H2,1-3H3/b8-7+/t15-,17-/m0/s1. The molecule has 106 valence electrons. The average molecular weight is 262 g/mol. The molecule has 0 aromatic heterocycles. The van der Waals surface area contributed by atoms with Crippen LogP contribution in [0.5, 0.6) is 0 Å². The predicted octanol–water partition coefficient (Wildman–Crippen LogP) is 3.80. The molecule has 0 heterocycles. The summed E-state index contributed by atoms with van der Waals surface area (Å²) >= 11 is 0. The number of benzene rings is 1. The van der Waals surface area contributed by atoms with Gasteiger partial charge in [0.1, 0.15) is 0 Å². The SMILES string of the molecule is CC(C)[C@@H](O)C/C=C/[C@H](C)COCc1ccccc1. The van der Waals surface area contributed by atoms with Crippen molar-refractivity contribution in [1.82, 2.24) is 0 Å². The van der Waals surface area contributed by atoms with Gasteiger partial charge < -0.3 is 9.84 Å². The van der Waals surface area contributed by atoms with Crippen molar-refractivity contribution in [3.05, 3.63) is 48.0 Å². The Kier molecular flexibility index (Phi) is 7.46. The molecule has 1 N–H and O–H groups in total. The third kappa shape index (κ3) is 7.14. The number of aliphatic hydroxyl groups excluding tert-OH is 1. The van der Waals surface area contributed by atoms with Crippen molar-refractivity contribution in [3.8, 4) is 0 Å². The molecule has 0 bridgehead atoms. The van der Waals surface area contributed by atoms with E-state index in [0.29, 0.717) is 25.0 Å². The first kappa shape index (κ1) is 15.9. The van der Waals surface area contributed by atoms with E-state index in [9.17, 15) is 5.11 Å². The molecule has 0 saturated carbocycles. The summed E-state index contributed by atoms with van der Waals surface area (Å²) in [5.41, 5.74) is 1.20. The van der Waals surface area contributed by atoms with Gasteiger partial charge in [0.05, 0.1) is 19.3 Å². The van der Waals surface area contributed by atoms with Crippen molar-refractivity contribution in [3.63, 3.8) is 0 Å². The zero-order valence-electron chi connectivity index (χ0n) is 12.3. The highest BCUT2D eigenvalue weighted by Gasteiger charge is 2.06. The molecule has 0 fully saturated rings. The van der Waals surface area contributed by atoms with E-state index in [4.69, 9.17) is 4.74 Å². The van der Waals surface area contributed by atoms with Crippen LogP contribution >= 0.6 is 0 Å². The van der Waals surface area contributed by atoms with Gasteiger partial charge in [-0.3, -0.25) is 0 Å². The molecule has 0 aliphatic carbocycles. The van der Waals surface area contributed by atoms with E-state index >= 15 is 0 Å². The Labute approximate surface area is 117 Å². The normalized spacial score (nSPS) is 15.0. The zero-order chi connectivity index (χ0) is 14.1. The van der Waals surface area contributed by atoms with Crippen molar-refractivity contribution in [2.45, 2.75) is 39.9 Å². The summed E-state index contributed by atoms with van der Waals surface area (Å²) in [4.78, 5) is 0. The maximum atomic E-state index is 9.68. The van der Waals surface area contributed by atoms with Crippen LogP contribution in [0.4, 0.5) is 0 Å². The fourth-order valence-electron chi connectivity index (χ4n) is 1.71. The second-order valence-corrected chi connectivity index (χ2v) is 5.45. The minimum atomic E-state index is -0.242. The summed E-state index contributed by atoms with van der Waals surface area (Å²) in [5, 5.41) is 9.68. The molecule has 0 amide bonds. The van der Waals surface area contributed by atoms with Gasteiger partial charge in [0.2, 0.25) is 0 Å². The van der Waals surface area contributed by atoms with Crippen molar-refractivity contribution in [1.29, 1.82) is 0 Å². The molecule has 1 rings (SSSR count). The number of rotatable bonds is 8. The Morgan fingerprint density at radius 3 is 2.47 bits per heavy atom. The summed E-state index contributed by atoms with van der Waals surface area (Å²) in [6.07, 6.45) is 4.66. The summed E-state index contributed by atoms with van der Waals surface area (Å²) in [6.45, 7) is 7.57. The lowest BCUT2D eigenvalue weighted by atomic mass is 10.0. The maximum absolute atomic E-state index is 9.68. The highest BCUT2D eigenvalue weighted by molar-refractivity contribution is 5.13. The average Bonchev–Trinajstić information content (AvgIpc) is 2.39. The lowest BCUT2D eigenvalue weighted by Gasteiger charge is -2.12. The number of hydrogen-bond acceptors (Lipinski definition) is 2. The van der Waals surface area contributed by atoms with E-state index in [-0.39, 0.29) is 6.10 Å². The van der Waals surface area contributed by atoms with E-state index in [2.05, 4.69) is 31.2 Å². The highest BCUT2D eigenvalue weighted by Crippen LogP contribution is 2.08. The number of ether oxygens (including phenoxy) is 1. The highest BCUT2D eigenvalue weighted by atomic mass is 16.5. The van der Waals surface area contributed by atoms with Gasteiger partial charge in [-0.1, -0.05) is 63.3 Å². The fraction of sp³-hybridized carbons (Fsp3) is 0.529. The molecule has 1 aromatic carbocycles. The first-order valence-electron chi connectivity index (χ1n) is 7.06. The summed E-state index contributed by atoms with van der Waals surface area (Å²) in [7, 11) is 0. The molecular formula is C17H26O2. The van der Waals surface area contributed by atoms with Crippen molar-refractivity contribution >= 4 is 0 Å². The molecule has 0 saturated heterocycles. The molecule has 19 heavy (non-hydrogen) atoms. The van der Waals surface area contributed by atoms with E-state index < -0.39 is 0 Å². The van der Waals surface area contributed by atoms with E-state index in [1.807, 2.05) is 32.0 Å². The first-order valence-corrected chi connectivity index (χ1v) is 7.06. The summed E-state index contributed by atoms with van der Waals surface area (Å²) < 4.78 is 5.67. The van der Waals surface area contributed by atoms with Crippen LogP contribution in [-0.2, 0) is 11.3 Å². The summed E-state index contributed by atoms with van der Waals surface area (Å²) in [5.74, 6) is 0.692. The van der Waals surface area contributed by atoms with Crippen LogP contribution in [0.25, 0.3) is 0 Å². The minimum absolute atomic E-state index is 0.242. The molecule has 0 radical (unpaired) electrons. The Bertz CT molecular complexity index is 357. The monoisotopic (exact) mass is 262 g/mol. The maximum Gasteiger partial charge on any atom is 0.0717 e. The van der Waals surface area contributed by atoms with Crippen LogP contribution in [0.1, 0.15) is 32.8 Å². The second kappa shape index (κ2) is 8.89. The van der Waals surface area contributed by atoms with Crippen molar-refractivity contribution in [2.24, 2.45) is 11.8 Å². The van der Waals surface area contributed by atoms with Gasteiger partial charge in [0, 0.05) is 0 Å². The molecule has 0 aliphatic rings. The van der Waals surface area contributed by atoms with Crippen molar-refractivity contribution < 1.29 is 9.84 Å². The van der Waals surface area contributed by atoms with Gasteiger partial charge in [-0.15, -0.1) is 0 Å². The van der Waals surface area contributed by atoms with Gasteiger partial charge in [-0.2, -0.15) is 0 Å². The molecule has 0 spiro atoms. The van der Waals surface area contributed by atoms with E-state index in [1.54, 1.807) is 0 Å². The molecule has 2 heteroatoms. The van der Waals surface area contributed by atoms with Crippen LogP contribution in [0, 0.1) is 11.8 Å². The van der Waals surface area contributed by atoms with Crippen LogP contribution in [0.2, 0.25) is 0 Å². The van der Waals surface area contributed by atoms with Crippen LogP contribution < -0.4 is 0 Å². The van der Waals surface area contributed by atoms with Gasteiger partial charge >= 0.3 is 0 Å². The third-order valence-electron chi connectivity index (χ3n) is 3.10. The topological polar surface area (TPSA) is 29.5 Å². The zero-order valence-corrected chi connectivity index (χ0v) is 12.3. The Hall–Kier alpha value is -1.12. The Balaban J connectivity index is 2.17.